The molecule has 4 atom stereocenters. The normalized spacial score (nSPS) is 13.5. The number of esters is 1. The molecule has 13 nitrogen and oxygen atoms in total. The predicted molar refractivity (Wildman–Crippen MR) is 181 cm³/mol. The fourth-order valence-corrected chi connectivity index (χ4v) is 5.26. The van der Waals surface area contributed by atoms with Crippen LogP contribution in [0, 0.1) is 5.82 Å². The molecule has 0 saturated heterocycles. The number of thioether (sulfide) groups is 1. The minimum atomic E-state index is -1.85. The van der Waals surface area contributed by atoms with E-state index in [4.69, 9.17) is 21.1 Å². The molecule has 0 aliphatic heterocycles. The van der Waals surface area contributed by atoms with E-state index in [0.717, 1.165) is 6.07 Å². The number of carbonyl (C=O) groups is 2. The van der Waals surface area contributed by atoms with Crippen molar-refractivity contribution in [1.82, 2.24) is 9.97 Å². The van der Waals surface area contributed by atoms with Gasteiger partial charge < -0.3 is 45.3 Å². The van der Waals surface area contributed by atoms with E-state index in [9.17, 15) is 34.4 Å². The first-order valence-electron chi connectivity index (χ1n) is 14.6. The van der Waals surface area contributed by atoms with E-state index in [1.807, 2.05) is 6.07 Å². The van der Waals surface area contributed by atoms with Gasteiger partial charge in [-0.2, -0.15) is 0 Å². The summed E-state index contributed by atoms with van der Waals surface area (Å²) in [6.45, 7) is -0.872. The van der Waals surface area contributed by atoms with Crippen molar-refractivity contribution >= 4 is 46.6 Å². The molecular formula is C33H34ClFN4O9S. The molecule has 0 saturated carbocycles. The SMILES string of the molecule is COC(=O)c1ccc(-c2cc(F)cc(NC[C@@H](O)[C@@H](O)[C@H](O)[C@H](O)COc3cc(OC)c(NC(=O)CSc4ccccn4)cc3Cl)c2)nc1. The second-order valence-electron chi connectivity index (χ2n) is 10.4. The van der Waals surface area contributed by atoms with Gasteiger partial charge in [0.1, 0.15) is 42.2 Å². The number of methoxy groups -OCH3 is 2. The van der Waals surface area contributed by atoms with Crippen molar-refractivity contribution in [2.24, 2.45) is 0 Å². The van der Waals surface area contributed by atoms with E-state index in [2.05, 4.69) is 25.3 Å². The molecule has 0 radical (unpaired) electrons. The van der Waals surface area contributed by atoms with Crippen LogP contribution in [0.2, 0.25) is 5.02 Å². The lowest BCUT2D eigenvalue weighted by Crippen LogP contribution is -2.48. The quantitative estimate of drug-likeness (QED) is 0.0731. The summed E-state index contributed by atoms with van der Waals surface area (Å²) in [7, 11) is 2.62. The van der Waals surface area contributed by atoms with E-state index >= 15 is 0 Å². The number of carbonyl (C=O) groups excluding carboxylic acids is 2. The number of ether oxygens (including phenoxy) is 3. The van der Waals surface area contributed by atoms with Gasteiger partial charge in [-0.25, -0.2) is 14.2 Å². The number of anilines is 2. The number of rotatable bonds is 16. The lowest BCUT2D eigenvalue weighted by atomic mass is 10.0. The number of benzene rings is 2. The molecule has 2 aromatic heterocycles. The van der Waals surface area contributed by atoms with Gasteiger partial charge in [-0.05, 0) is 48.5 Å². The van der Waals surface area contributed by atoms with Gasteiger partial charge in [-0.1, -0.05) is 29.4 Å². The molecule has 0 spiro atoms. The molecule has 2 aromatic carbocycles. The van der Waals surface area contributed by atoms with Gasteiger partial charge in [0.15, 0.2) is 0 Å². The van der Waals surface area contributed by atoms with E-state index in [1.54, 1.807) is 18.3 Å². The Kier molecular flexibility index (Phi) is 13.5. The molecule has 49 heavy (non-hydrogen) atoms. The zero-order chi connectivity index (χ0) is 35.5. The Morgan fingerprint density at radius 2 is 1.73 bits per heavy atom. The van der Waals surface area contributed by atoms with Crippen LogP contribution in [0.3, 0.4) is 0 Å². The molecule has 260 valence electrons. The maximum Gasteiger partial charge on any atom is 0.339 e. The Labute approximate surface area is 290 Å². The second-order valence-corrected chi connectivity index (χ2v) is 11.9. The van der Waals surface area contributed by atoms with Crippen molar-refractivity contribution in [1.29, 1.82) is 0 Å². The van der Waals surface area contributed by atoms with Gasteiger partial charge in [0.05, 0.1) is 53.1 Å². The van der Waals surface area contributed by atoms with E-state index in [1.165, 1.54) is 68.6 Å². The van der Waals surface area contributed by atoms with Crippen molar-refractivity contribution in [2.45, 2.75) is 29.4 Å². The first-order valence-corrected chi connectivity index (χ1v) is 16.0. The van der Waals surface area contributed by atoms with Crippen LogP contribution in [0.1, 0.15) is 10.4 Å². The molecule has 0 aliphatic carbocycles. The Balaban J connectivity index is 1.30. The summed E-state index contributed by atoms with van der Waals surface area (Å²) in [5.41, 5.74) is 1.46. The highest BCUT2D eigenvalue weighted by Crippen LogP contribution is 2.36. The lowest BCUT2D eigenvalue weighted by molar-refractivity contribution is -0.113. The van der Waals surface area contributed by atoms with Crippen LogP contribution in [0.4, 0.5) is 15.8 Å². The van der Waals surface area contributed by atoms with Gasteiger partial charge in [-0.3, -0.25) is 9.78 Å². The van der Waals surface area contributed by atoms with E-state index in [0.29, 0.717) is 16.3 Å². The molecule has 0 fully saturated rings. The molecule has 0 bridgehead atoms. The molecule has 4 aromatic rings. The van der Waals surface area contributed by atoms with Crippen LogP contribution in [-0.2, 0) is 9.53 Å². The topological polar surface area (TPSA) is 193 Å². The highest BCUT2D eigenvalue weighted by molar-refractivity contribution is 7.99. The average molecular weight is 717 g/mol. The van der Waals surface area contributed by atoms with Crippen LogP contribution in [0.5, 0.6) is 11.5 Å². The number of aromatic nitrogens is 2. The summed E-state index contributed by atoms with van der Waals surface area (Å²) < 4.78 is 29.9. The van der Waals surface area contributed by atoms with E-state index in [-0.39, 0.29) is 51.7 Å². The van der Waals surface area contributed by atoms with Gasteiger partial charge in [-0.15, -0.1) is 0 Å². The van der Waals surface area contributed by atoms with Crippen molar-refractivity contribution in [3.8, 4) is 22.8 Å². The standard InChI is InChI=1S/C33H34ClFN4O9S/c1-46-28-13-27(22(34)12-24(28)39-29(42)17-49-30-5-3-4-8-36-30)48-16-26(41)32(44)31(43)25(40)15-37-21-10-19(9-20(35)11-21)23-7-6-18(14-38-23)33(45)47-2/h3-14,25-26,31-32,37,40-41,43-44H,15-17H2,1-2H3,(H,39,42)/t25-,26-,31-,32-/m1/s1. The highest BCUT2D eigenvalue weighted by atomic mass is 35.5. The fourth-order valence-electron chi connectivity index (χ4n) is 4.39. The van der Waals surface area contributed by atoms with Gasteiger partial charge in [0.2, 0.25) is 5.91 Å². The second kappa shape index (κ2) is 17.8. The molecule has 6 N–H and O–H groups in total. The zero-order valence-corrected chi connectivity index (χ0v) is 27.8. The number of amides is 1. The van der Waals surface area contributed by atoms with Gasteiger partial charge >= 0.3 is 5.97 Å². The van der Waals surface area contributed by atoms with Crippen molar-refractivity contribution in [2.75, 3.05) is 43.8 Å². The number of halogens is 2. The lowest BCUT2D eigenvalue weighted by Gasteiger charge is -2.27. The average Bonchev–Trinajstić information content (AvgIpc) is 3.11. The molecular weight excluding hydrogens is 683 g/mol. The zero-order valence-electron chi connectivity index (χ0n) is 26.2. The van der Waals surface area contributed by atoms with Crippen LogP contribution in [0.15, 0.2) is 78.1 Å². The number of aliphatic hydroxyl groups excluding tert-OH is 4. The number of nitrogens with zero attached hydrogens (tertiary/aromatic N) is 2. The Hall–Kier alpha value is -4.51. The predicted octanol–water partition coefficient (Wildman–Crippen LogP) is 3.40. The van der Waals surface area contributed by atoms with Crippen LogP contribution in [-0.4, -0.2) is 99.8 Å². The molecule has 0 aliphatic rings. The first-order chi connectivity index (χ1) is 23.5. The largest absolute Gasteiger partial charge is 0.494 e. The Morgan fingerprint density at radius 3 is 2.41 bits per heavy atom. The van der Waals surface area contributed by atoms with E-state index < -0.39 is 42.8 Å². The molecule has 1 amide bonds. The molecule has 2 heterocycles. The number of pyridine rings is 2. The number of nitrogens with one attached hydrogen (secondary N) is 2. The smallest absolute Gasteiger partial charge is 0.339 e. The van der Waals surface area contributed by atoms with Crippen molar-refractivity contribution in [3.05, 3.63) is 89.5 Å². The maximum absolute atomic E-state index is 14.4. The summed E-state index contributed by atoms with van der Waals surface area (Å²) in [6.07, 6.45) is -4.04. The third-order valence-electron chi connectivity index (χ3n) is 6.96. The van der Waals surface area contributed by atoms with Crippen molar-refractivity contribution in [3.63, 3.8) is 0 Å². The monoisotopic (exact) mass is 716 g/mol. The minimum absolute atomic E-state index is 0.0543. The molecule has 16 heteroatoms. The third-order valence-corrected chi connectivity index (χ3v) is 8.20. The summed E-state index contributed by atoms with van der Waals surface area (Å²) in [6, 6.07) is 15.1. The van der Waals surface area contributed by atoms with Crippen LogP contribution < -0.4 is 20.1 Å². The first kappa shape index (κ1) is 37.3. The van der Waals surface area contributed by atoms with Crippen LogP contribution in [0.25, 0.3) is 11.3 Å². The summed E-state index contributed by atoms with van der Waals surface area (Å²) in [4.78, 5) is 32.4. The number of hydrogen-bond acceptors (Lipinski definition) is 13. The fraction of sp³-hybridized carbons (Fsp3) is 0.273. The Morgan fingerprint density at radius 1 is 0.959 bits per heavy atom. The summed E-state index contributed by atoms with van der Waals surface area (Å²) in [5, 5.41) is 48.3. The number of aliphatic hydroxyl groups is 4. The van der Waals surface area contributed by atoms with Gasteiger partial charge in [0.25, 0.3) is 0 Å². The van der Waals surface area contributed by atoms with Crippen LogP contribution >= 0.6 is 23.4 Å². The third kappa shape index (κ3) is 10.5. The van der Waals surface area contributed by atoms with Crippen molar-refractivity contribution < 1.29 is 48.6 Å². The summed E-state index contributed by atoms with van der Waals surface area (Å²) >= 11 is 7.58. The minimum Gasteiger partial charge on any atom is -0.494 e. The Bertz CT molecular complexity index is 1720. The summed E-state index contributed by atoms with van der Waals surface area (Å²) in [5.74, 6) is -1.17. The molecule has 4 rings (SSSR count). The maximum atomic E-state index is 14.4. The molecule has 0 unspecified atom stereocenters. The highest BCUT2D eigenvalue weighted by Gasteiger charge is 2.31. The number of hydrogen-bond donors (Lipinski definition) is 6. The van der Waals surface area contributed by atoms with Gasteiger partial charge in [0, 0.05) is 36.3 Å².